The van der Waals surface area contributed by atoms with Gasteiger partial charge >= 0.3 is 0 Å². The first kappa shape index (κ1) is 18.3. The number of ether oxygens (including phenoxy) is 1. The minimum absolute atomic E-state index is 0.0582. The monoisotopic (exact) mass is 359 g/mol. The van der Waals surface area contributed by atoms with Crippen LogP contribution in [0.1, 0.15) is 12.8 Å². The molecule has 0 fully saturated rings. The SMILES string of the molecule is O=C(CCCOc1ccccc1)NC(=S)Nc1cccc([N+](=O)[O-])c1. The van der Waals surface area contributed by atoms with Crippen molar-refractivity contribution in [3.8, 4) is 5.75 Å². The summed E-state index contributed by atoms with van der Waals surface area (Å²) in [4.78, 5) is 22.1. The molecule has 2 rings (SSSR count). The van der Waals surface area contributed by atoms with Crippen LogP contribution in [0.25, 0.3) is 0 Å². The number of nitrogens with zero attached hydrogens (tertiary/aromatic N) is 1. The molecular formula is C17H17N3O4S. The molecule has 25 heavy (non-hydrogen) atoms. The number of hydrogen-bond donors (Lipinski definition) is 2. The molecule has 0 aliphatic carbocycles. The standard InChI is InChI=1S/C17H17N3O4S/c21-16(10-5-11-24-15-8-2-1-3-9-15)19-17(25)18-13-6-4-7-14(12-13)20(22)23/h1-4,6-9,12H,5,10-11H2,(H2,18,19,21,25). The maximum absolute atomic E-state index is 11.8. The first-order chi connectivity index (χ1) is 12.0. The zero-order chi connectivity index (χ0) is 18.1. The van der Waals surface area contributed by atoms with Crippen LogP contribution in [0.2, 0.25) is 0 Å². The molecule has 130 valence electrons. The van der Waals surface area contributed by atoms with Crippen LogP contribution in [0.15, 0.2) is 54.6 Å². The van der Waals surface area contributed by atoms with Gasteiger partial charge in [0.15, 0.2) is 5.11 Å². The molecule has 0 spiro atoms. The highest BCUT2D eigenvalue weighted by Crippen LogP contribution is 2.16. The number of nitrogens with one attached hydrogen (secondary N) is 2. The van der Waals surface area contributed by atoms with Gasteiger partial charge < -0.3 is 15.4 Å². The van der Waals surface area contributed by atoms with E-state index in [4.69, 9.17) is 17.0 Å². The van der Waals surface area contributed by atoms with Crippen LogP contribution < -0.4 is 15.4 Å². The fourth-order valence-electron chi connectivity index (χ4n) is 1.99. The van der Waals surface area contributed by atoms with Crippen molar-refractivity contribution in [3.05, 3.63) is 64.7 Å². The number of thiocarbonyl (C=S) groups is 1. The van der Waals surface area contributed by atoms with E-state index in [1.54, 1.807) is 6.07 Å². The number of non-ortho nitro benzene ring substituents is 1. The summed E-state index contributed by atoms with van der Waals surface area (Å²) in [7, 11) is 0. The Morgan fingerprint density at radius 2 is 1.92 bits per heavy atom. The lowest BCUT2D eigenvalue weighted by molar-refractivity contribution is -0.384. The van der Waals surface area contributed by atoms with Crippen LogP contribution in [-0.4, -0.2) is 22.5 Å². The van der Waals surface area contributed by atoms with Crippen molar-refractivity contribution in [2.75, 3.05) is 11.9 Å². The normalized spacial score (nSPS) is 9.92. The molecule has 0 aliphatic rings. The van der Waals surface area contributed by atoms with Gasteiger partial charge in [0.1, 0.15) is 5.75 Å². The number of hydrogen-bond acceptors (Lipinski definition) is 5. The zero-order valence-electron chi connectivity index (χ0n) is 13.3. The second-order valence-electron chi connectivity index (χ2n) is 5.07. The summed E-state index contributed by atoms with van der Waals surface area (Å²) in [5, 5.41) is 16.1. The van der Waals surface area contributed by atoms with Crippen molar-refractivity contribution >= 4 is 34.6 Å². The van der Waals surface area contributed by atoms with Gasteiger partial charge in [-0.25, -0.2) is 0 Å². The Morgan fingerprint density at radius 3 is 2.64 bits per heavy atom. The van der Waals surface area contributed by atoms with Crippen molar-refractivity contribution in [1.29, 1.82) is 0 Å². The fourth-order valence-corrected chi connectivity index (χ4v) is 2.22. The van der Waals surface area contributed by atoms with Gasteiger partial charge in [0.05, 0.1) is 11.5 Å². The van der Waals surface area contributed by atoms with Gasteiger partial charge in [-0.2, -0.15) is 0 Å². The van der Waals surface area contributed by atoms with Crippen molar-refractivity contribution in [1.82, 2.24) is 5.32 Å². The lowest BCUT2D eigenvalue weighted by atomic mass is 10.3. The average Bonchev–Trinajstić information content (AvgIpc) is 2.59. The van der Waals surface area contributed by atoms with Gasteiger partial charge in [-0.3, -0.25) is 14.9 Å². The Hall–Kier alpha value is -3.00. The number of rotatable bonds is 7. The zero-order valence-corrected chi connectivity index (χ0v) is 14.1. The van der Waals surface area contributed by atoms with E-state index in [1.807, 2.05) is 30.3 Å². The molecule has 0 atom stereocenters. The topological polar surface area (TPSA) is 93.5 Å². The van der Waals surface area contributed by atoms with E-state index in [0.29, 0.717) is 18.7 Å². The minimum atomic E-state index is -0.500. The molecule has 0 heterocycles. The third-order valence-electron chi connectivity index (χ3n) is 3.13. The second kappa shape index (κ2) is 9.33. The molecule has 2 N–H and O–H groups in total. The third-order valence-corrected chi connectivity index (χ3v) is 3.33. The lowest BCUT2D eigenvalue weighted by Gasteiger charge is -2.10. The van der Waals surface area contributed by atoms with Crippen LogP contribution >= 0.6 is 12.2 Å². The van der Waals surface area contributed by atoms with Crippen molar-refractivity contribution < 1.29 is 14.5 Å². The molecule has 0 saturated carbocycles. The van der Waals surface area contributed by atoms with Gasteiger partial charge in [0.25, 0.3) is 5.69 Å². The molecule has 2 aromatic carbocycles. The molecule has 0 unspecified atom stereocenters. The van der Waals surface area contributed by atoms with E-state index < -0.39 is 4.92 Å². The second-order valence-corrected chi connectivity index (χ2v) is 5.48. The van der Waals surface area contributed by atoms with Gasteiger partial charge in [-0.05, 0) is 36.8 Å². The first-order valence-corrected chi connectivity index (χ1v) is 7.98. The molecule has 2 aromatic rings. The van der Waals surface area contributed by atoms with E-state index >= 15 is 0 Å². The highest BCUT2D eigenvalue weighted by molar-refractivity contribution is 7.80. The highest BCUT2D eigenvalue weighted by atomic mass is 32.1. The average molecular weight is 359 g/mol. The Morgan fingerprint density at radius 1 is 1.16 bits per heavy atom. The number of benzene rings is 2. The molecule has 0 radical (unpaired) electrons. The lowest BCUT2D eigenvalue weighted by Crippen LogP contribution is -2.34. The van der Waals surface area contributed by atoms with Crippen molar-refractivity contribution in [2.24, 2.45) is 0 Å². The summed E-state index contributed by atoms with van der Waals surface area (Å²) >= 11 is 5.03. The number of para-hydroxylation sites is 1. The molecule has 0 aliphatic heterocycles. The number of nitro benzene ring substituents is 1. The molecule has 8 heteroatoms. The predicted octanol–water partition coefficient (Wildman–Crippen LogP) is 3.27. The van der Waals surface area contributed by atoms with E-state index in [1.165, 1.54) is 18.2 Å². The summed E-state index contributed by atoms with van der Waals surface area (Å²) in [6.07, 6.45) is 0.795. The highest BCUT2D eigenvalue weighted by Gasteiger charge is 2.08. The first-order valence-electron chi connectivity index (χ1n) is 7.58. The van der Waals surface area contributed by atoms with Gasteiger partial charge in [-0.1, -0.05) is 24.3 Å². The van der Waals surface area contributed by atoms with Crippen molar-refractivity contribution in [2.45, 2.75) is 12.8 Å². The van der Waals surface area contributed by atoms with E-state index in [2.05, 4.69) is 10.6 Å². The van der Waals surface area contributed by atoms with E-state index in [0.717, 1.165) is 5.75 Å². The molecule has 0 bridgehead atoms. The van der Waals surface area contributed by atoms with Crippen LogP contribution in [-0.2, 0) is 4.79 Å². The fraction of sp³-hybridized carbons (Fsp3) is 0.176. The predicted molar refractivity (Wildman–Crippen MR) is 98.6 cm³/mol. The van der Waals surface area contributed by atoms with Crippen LogP contribution in [0.3, 0.4) is 0 Å². The smallest absolute Gasteiger partial charge is 0.271 e. The summed E-state index contributed by atoms with van der Waals surface area (Å²) in [6, 6.07) is 15.2. The third kappa shape index (κ3) is 6.56. The number of anilines is 1. The minimum Gasteiger partial charge on any atom is -0.494 e. The molecule has 7 nitrogen and oxygen atoms in total. The maximum Gasteiger partial charge on any atom is 0.271 e. The van der Waals surface area contributed by atoms with Gasteiger partial charge in [0, 0.05) is 24.2 Å². The number of carbonyl (C=O) groups is 1. The van der Waals surface area contributed by atoms with E-state index in [9.17, 15) is 14.9 Å². The number of carbonyl (C=O) groups excluding carboxylic acids is 1. The summed E-state index contributed by atoms with van der Waals surface area (Å²) < 4.78 is 5.50. The molecule has 1 amide bonds. The number of amides is 1. The van der Waals surface area contributed by atoms with Crippen LogP contribution in [0.4, 0.5) is 11.4 Å². The Kier molecular flexibility index (Phi) is 6.85. The summed E-state index contributed by atoms with van der Waals surface area (Å²) in [5.74, 6) is 0.505. The molecule has 0 saturated heterocycles. The largest absolute Gasteiger partial charge is 0.494 e. The van der Waals surface area contributed by atoms with Gasteiger partial charge in [0.2, 0.25) is 5.91 Å². The number of nitro groups is 1. The maximum atomic E-state index is 11.8. The van der Waals surface area contributed by atoms with Crippen LogP contribution in [0, 0.1) is 10.1 Å². The van der Waals surface area contributed by atoms with Crippen molar-refractivity contribution in [3.63, 3.8) is 0 Å². The summed E-state index contributed by atoms with van der Waals surface area (Å²) in [6.45, 7) is 0.419. The Bertz CT molecular complexity index is 753. The Balaban J connectivity index is 1.70. The van der Waals surface area contributed by atoms with Gasteiger partial charge in [-0.15, -0.1) is 0 Å². The molecular weight excluding hydrogens is 342 g/mol. The van der Waals surface area contributed by atoms with E-state index in [-0.39, 0.29) is 23.1 Å². The molecule has 0 aromatic heterocycles. The van der Waals surface area contributed by atoms with Crippen LogP contribution in [0.5, 0.6) is 5.75 Å². The Labute approximate surface area is 150 Å². The summed E-state index contributed by atoms with van der Waals surface area (Å²) in [5.41, 5.74) is 0.379. The quantitative estimate of drug-likeness (QED) is 0.341.